The molecule has 0 N–H and O–H groups in total. The van der Waals surface area contributed by atoms with E-state index in [1.807, 2.05) is 67.1 Å². The van der Waals surface area contributed by atoms with E-state index in [9.17, 15) is 26.3 Å². The average molecular weight is 717 g/mol. The summed E-state index contributed by atoms with van der Waals surface area (Å²) in [6, 6.07) is 6.93. The molecule has 8 nitrogen and oxygen atoms in total. The zero-order chi connectivity index (χ0) is 39.0. The largest absolute Gasteiger partial charge is 0.435 e. The van der Waals surface area contributed by atoms with E-state index in [2.05, 4.69) is 78.8 Å². The summed E-state index contributed by atoms with van der Waals surface area (Å²) >= 11 is 0. The van der Waals surface area contributed by atoms with Gasteiger partial charge in [0.1, 0.15) is 0 Å². The maximum Gasteiger partial charge on any atom is 0.435 e. The molecule has 0 saturated heterocycles. The first-order chi connectivity index (χ1) is 22.7. The maximum atomic E-state index is 12.4. The monoisotopic (exact) mass is 716 g/mol. The average Bonchev–Trinajstić information content (AvgIpc) is 3.73. The highest BCUT2D eigenvalue weighted by Gasteiger charge is 2.36. The number of rotatable bonds is 6. The lowest BCUT2D eigenvalue weighted by molar-refractivity contribution is -0.142. The molecule has 0 spiro atoms. The molecule has 0 unspecified atom stereocenters. The van der Waals surface area contributed by atoms with Gasteiger partial charge in [0.15, 0.2) is 11.4 Å². The van der Waals surface area contributed by atoms with Gasteiger partial charge in [-0.2, -0.15) is 46.7 Å². The lowest BCUT2D eigenvalue weighted by atomic mass is 10.1. The van der Waals surface area contributed by atoms with E-state index in [4.69, 9.17) is 0 Å². The van der Waals surface area contributed by atoms with Gasteiger partial charge >= 0.3 is 12.4 Å². The zero-order valence-electron chi connectivity index (χ0n) is 32.6. The Labute approximate surface area is 294 Å². The Hall–Kier alpha value is -3.58. The summed E-state index contributed by atoms with van der Waals surface area (Å²) < 4.78 is 80.6. The number of aromatic nitrogens is 8. The highest BCUT2D eigenvalue weighted by Crippen LogP contribution is 2.32. The van der Waals surface area contributed by atoms with Crippen molar-refractivity contribution in [1.29, 1.82) is 0 Å². The lowest BCUT2D eigenvalue weighted by Gasteiger charge is -2.12. The summed E-state index contributed by atoms with van der Waals surface area (Å²) in [4.78, 5) is 0. The molecule has 0 aliphatic heterocycles. The second-order valence-electron chi connectivity index (χ2n) is 14.3. The van der Waals surface area contributed by atoms with E-state index in [1.54, 1.807) is 0 Å². The number of halogens is 6. The van der Waals surface area contributed by atoms with Crippen LogP contribution in [-0.4, -0.2) is 39.1 Å². The Morgan fingerprint density at radius 1 is 0.440 bits per heavy atom. The van der Waals surface area contributed by atoms with E-state index in [0.717, 1.165) is 23.5 Å². The van der Waals surface area contributed by atoms with Crippen LogP contribution in [0.2, 0.25) is 0 Å². The Bertz CT molecular complexity index is 1540. The highest BCUT2D eigenvalue weighted by atomic mass is 19.4. The molecule has 0 bridgehead atoms. The van der Waals surface area contributed by atoms with Crippen LogP contribution >= 0.6 is 0 Å². The van der Waals surface area contributed by atoms with Gasteiger partial charge in [0.25, 0.3) is 0 Å². The molecule has 4 aromatic heterocycles. The molecule has 0 aliphatic rings. The van der Waals surface area contributed by atoms with Gasteiger partial charge in [-0.3, -0.25) is 18.7 Å². The lowest BCUT2D eigenvalue weighted by Crippen LogP contribution is -2.11. The first-order valence-electron chi connectivity index (χ1n) is 17.0. The molecule has 14 heteroatoms. The van der Waals surface area contributed by atoms with E-state index in [-0.39, 0.29) is 17.9 Å². The van der Waals surface area contributed by atoms with Gasteiger partial charge in [-0.1, -0.05) is 55.4 Å². The van der Waals surface area contributed by atoms with Gasteiger partial charge in [-0.15, -0.1) is 0 Å². The first kappa shape index (κ1) is 44.4. The van der Waals surface area contributed by atoms with Crippen LogP contribution in [-0.2, 0) is 26.4 Å². The molecular weight excluding hydrogens is 658 g/mol. The molecule has 0 amide bonds. The highest BCUT2D eigenvalue weighted by molar-refractivity contribution is 5.17. The van der Waals surface area contributed by atoms with Gasteiger partial charge < -0.3 is 0 Å². The van der Waals surface area contributed by atoms with Crippen molar-refractivity contribution in [2.24, 2.45) is 14.1 Å². The van der Waals surface area contributed by atoms with E-state index in [1.165, 1.54) is 27.8 Å². The van der Waals surface area contributed by atoms with Gasteiger partial charge in [0.2, 0.25) is 0 Å². The van der Waals surface area contributed by atoms with Crippen LogP contribution in [0, 0.1) is 13.8 Å². The molecule has 0 atom stereocenters. The SMILES string of the molecule is CC(C)c1cc(C(F)(F)F)nn1C.CC(C)c1cc(C(F)(F)F)nn1C(C)C.Cc1cc(C(C)C)n(C(C)C)n1.Cc1cc(C(C)C)n(C)n1. The van der Waals surface area contributed by atoms with Crippen LogP contribution in [0.5, 0.6) is 0 Å². The molecule has 284 valence electrons. The predicted octanol–water partition coefficient (Wildman–Crippen LogP) is 10.9. The number of nitrogens with zero attached hydrogens (tertiary/aromatic N) is 8. The van der Waals surface area contributed by atoms with Gasteiger partial charge in [-0.05, 0) is 89.5 Å². The molecule has 4 heterocycles. The van der Waals surface area contributed by atoms with Crippen molar-refractivity contribution in [2.45, 2.75) is 145 Å². The number of hydrogen-bond acceptors (Lipinski definition) is 4. The molecule has 0 radical (unpaired) electrons. The van der Waals surface area contributed by atoms with E-state index in [0.29, 0.717) is 29.3 Å². The van der Waals surface area contributed by atoms with Crippen LogP contribution in [0.3, 0.4) is 0 Å². The third kappa shape index (κ3) is 12.9. The van der Waals surface area contributed by atoms with Crippen LogP contribution in [0.4, 0.5) is 26.3 Å². The van der Waals surface area contributed by atoms with Gasteiger partial charge in [0.05, 0.1) is 11.4 Å². The smallest absolute Gasteiger partial charge is 0.272 e. The topological polar surface area (TPSA) is 71.3 Å². The minimum atomic E-state index is -4.36. The molecule has 0 aliphatic carbocycles. The van der Waals surface area contributed by atoms with Crippen LogP contribution < -0.4 is 0 Å². The van der Waals surface area contributed by atoms with Crippen molar-refractivity contribution >= 4 is 0 Å². The van der Waals surface area contributed by atoms with Crippen LogP contribution in [0.1, 0.15) is 164 Å². The van der Waals surface area contributed by atoms with Crippen molar-refractivity contribution in [1.82, 2.24) is 39.1 Å². The van der Waals surface area contributed by atoms with Crippen molar-refractivity contribution in [3.8, 4) is 0 Å². The fraction of sp³-hybridized carbons (Fsp3) is 0.667. The third-order valence-electron chi connectivity index (χ3n) is 7.53. The van der Waals surface area contributed by atoms with Gasteiger partial charge in [0, 0.05) is 49.0 Å². The second kappa shape index (κ2) is 18.1. The molecule has 0 saturated carbocycles. The van der Waals surface area contributed by atoms with E-state index >= 15 is 0 Å². The minimum Gasteiger partial charge on any atom is -0.272 e. The Morgan fingerprint density at radius 2 is 0.740 bits per heavy atom. The molecular formula is C36H58F6N8. The quantitative estimate of drug-likeness (QED) is 0.186. The zero-order valence-corrected chi connectivity index (χ0v) is 32.6. The summed E-state index contributed by atoms with van der Waals surface area (Å²) in [5.41, 5.74) is 4.45. The normalized spacial score (nSPS) is 12.1. The van der Waals surface area contributed by atoms with Gasteiger partial charge in [-0.25, -0.2) is 0 Å². The Balaban J connectivity index is 0.000000336. The number of aryl methyl sites for hydroxylation is 4. The summed E-state index contributed by atoms with van der Waals surface area (Å²) in [7, 11) is 3.51. The van der Waals surface area contributed by atoms with E-state index < -0.39 is 23.7 Å². The van der Waals surface area contributed by atoms with Crippen molar-refractivity contribution in [3.05, 3.63) is 69.8 Å². The molecule has 0 fully saturated rings. The van der Waals surface area contributed by atoms with Crippen LogP contribution in [0.25, 0.3) is 0 Å². The Kier molecular flexibility index (Phi) is 16.1. The van der Waals surface area contributed by atoms with Crippen LogP contribution in [0.15, 0.2) is 24.3 Å². The molecule has 50 heavy (non-hydrogen) atoms. The standard InChI is InChI=1S/C10H15F3N2.C10H18N2.C8H11F3N2.C8H14N2/c1-6(2)8-5-9(10(11,12)13)14-15(8)7(3)4;1-7(2)10-6-9(5)11-12(10)8(3)4;1-5(2)6-4-7(8(9,10)11)12-13(6)3;1-6(2)8-5-7(3)9-10(8)4/h5-7H,1-4H3;6-8H,1-5H3;4-5H,1-3H3;5-6H,1-4H3. The molecule has 4 rings (SSSR count). The number of alkyl halides is 6. The van der Waals surface area contributed by atoms with Crippen molar-refractivity contribution in [2.75, 3.05) is 0 Å². The first-order valence-corrected chi connectivity index (χ1v) is 17.0. The molecule has 4 aromatic rings. The fourth-order valence-corrected chi connectivity index (χ4v) is 5.11. The molecule has 0 aromatic carbocycles. The van der Waals surface area contributed by atoms with Crippen molar-refractivity contribution < 1.29 is 26.3 Å². The summed E-state index contributed by atoms with van der Waals surface area (Å²) in [6.07, 6.45) is -8.70. The third-order valence-corrected chi connectivity index (χ3v) is 7.53. The fourth-order valence-electron chi connectivity index (χ4n) is 5.11. The predicted molar refractivity (Wildman–Crippen MR) is 187 cm³/mol. The summed E-state index contributed by atoms with van der Waals surface area (Å²) in [6.45, 7) is 28.2. The maximum absolute atomic E-state index is 12.4. The summed E-state index contributed by atoms with van der Waals surface area (Å²) in [5.74, 6) is 1.23. The summed E-state index contributed by atoms with van der Waals surface area (Å²) in [5, 5.41) is 15.7. The van der Waals surface area contributed by atoms with Crippen molar-refractivity contribution in [3.63, 3.8) is 0 Å². The Morgan fingerprint density at radius 3 is 1.00 bits per heavy atom. The number of hydrogen-bond donors (Lipinski definition) is 0. The second-order valence-corrected chi connectivity index (χ2v) is 14.3. The minimum absolute atomic E-state index is 0.0380.